The van der Waals surface area contributed by atoms with Gasteiger partial charge < -0.3 is 10.2 Å². The topological polar surface area (TPSA) is 40.5 Å². The summed E-state index contributed by atoms with van der Waals surface area (Å²) in [6.07, 6.45) is 16.5. The number of hydrogen-bond donors (Lipinski definition) is 2. The van der Waals surface area contributed by atoms with Gasteiger partial charge in [0.2, 0.25) is 0 Å². The first-order valence-electron chi connectivity index (χ1n) is 9.84. The summed E-state index contributed by atoms with van der Waals surface area (Å²) >= 11 is 0. The molecule has 2 aliphatic carbocycles. The molecule has 1 unspecified atom stereocenters. The van der Waals surface area contributed by atoms with Crippen LogP contribution in [0.3, 0.4) is 0 Å². The van der Waals surface area contributed by atoms with Gasteiger partial charge in [-0.2, -0.15) is 0 Å². The number of aliphatic hydroxyl groups excluding tert-OH is 2. The van der Waals surface area contributed by atoms with E-state index in [2.05, 4.69) is 40.7 Å². The highest BCUT2D eigenvalue weighted by molar-refractivity contribution is 5.20. The molecule has 2 aliphatic rings. The van der Waals surface area contributed by atoms with E-state index in [0.29, 0.717) is 16.9 Å². The SMILES string of the molecule is CC1=CC=C(O)CC1.CCC(C)(C)CC(C)CCC1=CC=C(O)CC1. The van der Waals surface area contributed by atoms with E-state index in [1.807, 2.05) is 12.2 Å². The van der Waals surface area contributed by atoms with Crippen molar-refractivity contribution in [1.82, 2.24) is 0 Å². The van der Waals surface area contributed by atoms with Crippen LogP contribution in [0.5, 0.6) is 0 Å². The predicted octanol–water partition coefficient (Wildman–Crippen LogP) is 7.56. The molecule has 0 bridgehead atoms. The number of allylic oxidation sites excluding steroid dienone is 8. The highest BCUT2D eigenvalue weighted by Gasteiger charge is 2.19. The van der Waals surface area contributed by atoms with Crippen LogP contribution in [0, 0.1) is 11.3 Å². The van der Waals surface area contributed by atoms with Crippen molar-refractivity contribution in [3.63, 3.8) is 0 Å². The maximum Gasteiger partial charge on any atom is 0.0925 e. The molecule has 0 aromatic heterocycles. The molecule has 2 heteroatoms. The Morgan fingerprint density at radius 1 is 0.960 bits per heavy atom. The van der Waals surface area contributed by atoms with Crippen molar-refractivity contribution in [2.45, 2.75) is 86.0 Å². The Morgan fingerprint density at radius 2 is 1.56 bits per heavy atom. The van der Waals surface area contributed by atoms with Crippen molar-refractivity contribution < 1.29 is 10.2 Å². The lowest BCUT2D eigenvalue weighted by Crippen LogP contribution is -2.14. The average Bonchev–Trinajstić information content (AvgIpc) is 2.57. The van der Waals surface area contributed by atoms with Gasteiger partial charge in [0.05, 0.1) is 11.5 Å². The van der Waals surface area contributed by atoms with E-state index < -0.39 is 0 Å². The van der Waals surface area contributed by atoms with E-state index in [-0.39, 0.29) is 0 Å². The van der Waals surface area contributed by atoms with Crippen LogP contribution in [0.1, 0.15) is 86.0 Å². The zero-order valence-corrected chi connectivity index (χ0v) is 16.9. The maximum atomic E-state index is 9.31. The van der Waals surface area contributed by atoms with Gasteiger partial charge in [0.25, 0.3) is 0 Å². The minimum atomic E-state index is 0.485. The molecule has 0 radical (unpaired) electrons. The van der Waals surface area contributed by atoms with Crippen LogP contribution in [-0.2, 0) is 0 Å². The smallest absolute Gasteiger partial charge is 0.0925 e. The minimum Gasteiger partial charge on any atom is -0.512 e. The highest BCUT2D eigenvalue weighted by Crippen LogP contribution is 2.32. The fourth-order valence-corrected chi connectivity index (χ4v) is 3.23. The molecule has 2 nitrogen and oxygen atoms in total. The van der Waals surface area contributed by atoms with Crippen LogP contribution >= 0.6 is 0 Å². The summed E-state index contributed by atoms with van der Waals surface area (Å²) in [5.74, 6) is 1.84. The van der Waals surface area contributed by atoms with E-state index in [0.717, 1.165) is 31.6 Å². The predicted molar refractivity (Wildman–Crippen MR) is 109 cm³/mol. The maximum absolute atomic E-state index is 9.31. The average molecular weight is 347 g/mol. The third-order valence-corrected chi connectivity index (χ3v) is 5.37. The summed E-state index contributed by atoms with van der Waals surface area (Å²) in [6, 6.07) is 0. The van der Waals surface area contributed by atoms with Crippen LogP contribution in [0.15, 0.2) is 47.0 Å². The molecular weight excluding hydrogens is 308 g/mol. The van der Waals surface area contributed by atoms with Crippen molar-refractivity contribution in [3.8, 4) is 0 Å². The Morgan fingerprint density at radius 3 is 2.00 bits per heavy atom. The summed E-state index contributed by atoms with van der Waals surface area (Å²) in [4.78, 5) is 0. The second-order valence-electron chi connectivity index (χ2n) is 8.52. The molecule has 0 saturated carbocycles. The molecule has 1 atom stereocenters. The van der Waals surface area contributed by atoms with Crippen molar-refractivity contribution in [2.24, 2.45) is 11.3 Å². The van der Waals surface area contributed by atoms with E-state index in [4.69, 9.17) is 5.11 Å². The molecule has 0 saturated heterocycles. The summed E-state index contributed by atoms with van der Waals surface area (Å²) in [6.45, 7) is 11.5. The first-order chi connectivity index (χ1) is 11.7. The van der Waals surface area contributed by atoms with Crippen molar-refractivity contribution in [2.75, 3.05) is 0 Å². The third-order valence-electron chi connectivity index (χ3n) is 5.37. The molecule has 2 N–H and O–H groups in total. The summed E-state index contributed by atoms with van der Waals surface area (Å²) in [5.41, 5.74) is 3.34. The van der Waals surface area contributed by atoms with Crippen molar-refractivity contribution in [3.05, 3.63) is 47.0 Å². The largest absolute Gasteiger partial charge is 0.512 e. The minimum absolute atomic E-state index is 0.485. The van der Waals surface area contributed by atoms with Gasteiger partial charge in [-0.15, -0.1) is 0 Å². The van der Waals surface area contributed by atoms with Crippen LogP contribution in [0.25, 0.3) is 0 Å². The van der Waals surface area contributed by atoms with Gasteiger partial charge in [-0.3, -0.25) is 0 Å². The molecule has 0 aromatic carbocycles. The highest BCUT2D eigenvalue weighted by atomic mass is 16.3. The summed E-state index contributed by atoms with van der Waals surface area (Å²) < 4.78 is 0. The van der Waals surface area contributed by atoms with Crippen LogP contribution in [-0.4, -0.2) is 10.2 Å². The molecule has 0 aliphatic heterocycles. The van der Waals surface area contributed by atoms with Gasteiger partial charge >= 0.3 is 0 Å². The fourth-order valence-electron chi connectivity index (χ4n) is 3.23. The first kappa shape index (κ1) is 21.6. The second-order valence-corrected chi connectivity index (χ2v) is 8.52. The van der Waals surface area contributed by atoms with Gasteiger partial charge in [0.15, 0.2) is 0 Å². The van der Waals surface area contributed by atoms with E-state index in [1.165, 1.54) is 36.8 Å². The summed E-state index contributed by atoms with van der Waals surface area (Å²) in [5, 5.41) is 18.1. The van der Waals surface area contributed by atoms with Crippen LogP contribution in [0.4, 0.5) is 0 Å². The molecule has 0 amide bonds. The van der Waals surface area contributed by atoms with Crippen LogP contribution in [0.2, 0.25) is 0 Å². The molecule has 0 spiro atoms. The molecule has 0 heterocycles. The standard InChI is InChI=1S/C16H28O.C7H10O/c1-5-16(3,4)12-13(2)6-7-14-8-10-15(17)11-9-14;1-6-2-4-7(8)5-3-6/h8,10,13,17H,5-7,9,11-12H2,1-4H3;2,4,8H,3,5H2,1H3. The zero-order chi connectivity index (χ0) is 18.9. The quantitative estimate of drug-likeness (QED) is 0.521. The normalized spacial score (nSPS) is 18.9. The molecule has 2 rings (SSSR count). The van der Waals surface area contributed by atoms with Crippen molar-refractivity contribution >= 4 is 0 Å². The third kappa shape index (κ3) is 9.57. The lowest BCUT2D eigenvalue weighted by atomic mass is 9.79. The van der Waals surface area contributed by atoms with E-state index in [9.17, 15) is 5.11 Å². The van der Waals surface area contributed by atoms with E-state index in [1.54, 1.807) is 6.08 Å². The van der Waals surface area contributed by atoms with Crippen LogP contribution < -0.4 is 0 Å². The molecule has 142 valence electrons. The number of rotatable bonds is 6. The number of hydrogen-bond acceptors (Lipinski definition) is 2. The Bertz CT molecular complexity index is 514. The first-order valence-corrected chi connectivity index (χ1v) is 9.84. The zero-order valence-electron chi connectivity index (χ0n) is 16.9. The van der Waals surface area contributed by atoms with Crippen molar-refractivity contribution in [1.29, 1.82) is 0 Å². The molecule has 25 heavy (non-hydrogen) atoms. The molecule has 0 fully saturated rings. The fraction of sp³-hybridized carbons (Fsp3) is 0.652. The Hall–Kier alpha value is -1.44. The molecular formula is C23H38O2. The van der Waals surface area contributed by atoms with Gasteiger partial charge in [-0.1, -0.05) is 57.4 Å². The van der Waals surface area contributed by atoms with Gasteiger partial charge in [-0.25, -0.2) is 0 Å². The molecule has 0 aromatic rings. The Balaban J connectivity index is 0.000000324. The lowest BCUT2D eigenvalue weighted by Gasteiger charge is -2.27. The van der Waals surface area contributed by atoms with Gasteiger partial charge in [-0.05, 0) is 62.5 Å². The lowest BCUT2D eigenvalue weighted by molar-refractivity contribution is 0.259. The summed E-state index contributed by atoms with van der Waals surface area (Å²) in [7, 11) is 0. The Kier molecular flexibility index (Phi) is 9.10. The van der Waals surface area contributed by atoms with Gasteiger partial charge in [0, 0.05) is 12.8 Å². The Labute approximate surface area is 155 Å². The van der Waals surface area contributed by atoms with E-state index >= 15 is 0 Å². The monoisotopic (exact) mass is 346 g/mol. The second kappa shape index (κ2) is 10.5. The number of aliphatic hydroxyl groups is 2. The van der Waals surface area contributed by atoms with Gasteiger partial charge in [0.1, 0.15) is 0 Å².